The van der Waals surface area contributed by atoms with Crippen molar-refractivity contribution in [2.75, 3.05) is 44.7 Å². The van der Waals surface area contributed by atoms with Gasteiger partial charge in [0.1, 0.15) is 23.0 Å². The largest absolute Gasteiger partial charge is 0.423 e. The fourth-order valence-electron chi connectivity index (χ4n) is 4.47. The number of hydrogen-bond donors (Lipinski definition) is 1. The summed E-state index contributed by atoms with van der Waals surface area (Å²) in [6.07, 6.45) is 2.40. The van der Waals surface area contributed by atoms with Crippen LogP contribution in [0.2, 0.25) is 0 Å². The number of fused-ring (bicyclic) bond motifs is 2. The number of para-hydroxylation sites is 1. The molecule has 0 unspecified atom stereocenters. The van der Waals surface area contributed by atoms with Gasteiger partial charge in [-0.2, -0.15) is 0 Å². The Morgan fingerprint density at radius 1 is 1.00 bits per heavy atom. The zero-order valence-electron chi connectivity index (χ0n) is 21.7. The van der Waals surface area contributed by atoms with E-state index in [0.29, 0.717) is 24.1 Å². The van der Waals surface area contributed by atoms with E-state index in [1.807, 2.05) is 32.0 Å². The number of nitrogens with zero attached hydrogens (tertiary/aromatic N) is 3. The predicted molar refractivity (Wildman–Crippen MR) is 148 cm³/mol. The Balaban J connectivity index is 0.000000907. The van der Waals surface area contributed by atoms with Gasteiger partial charge in [0.05, 0.1) is 0 Å². The van der Waals surface area contributed by atoms with E-state index < -0.39 is 5.63 Å². The Labute approximate surface area is 216 Å². The summed E-state index contributed by atoms with van der Waals surface area (Å²) < 4.78 is 19.0. The van der Waals surface area contributed by atoms with Gasteiger partial charge in [-0.25, -0.2) is 14.2 Å². The summed E-state index contributed by atoms with van der Waals surface area (Å²) in [6, 6.07) is 15.4. The molecule has 2 N–H and O–H groups in total. The van der Waals surface area contributed by atoms with E-state index in [4.69, 9.17) is 4.42 Å². The van der Waals surface area contributed by atoms with Gasteiger partial charge in [-0.15, -0.1) is 0 Å². The Kier molecular flexibility index (Phi) is 10.3. The minimum atomic E-state index is -0.436. The van der Waals surface area contributed by atoms with Crippen molar-refractivity contribution in [3.63, 3.8) is 0 Å². The average molecular weight is 507 g/mol. The SMILES string of the molecule is CC.CN.O=C(CCN1CCN(c2nccc3ccc(F)cc23)CC1)Cc1cc(=O)oc2ccccc12. The first-order valence-corrected chi connectivity index (χ1v) is 12.7. The fraction of sp³-hybridized carbons (Fsp3) is 0.345. The molecule has 0 aliphatic carbocycles. The van der Waals surface area contributed by atoms with Crippen LogP contribution in [0.15, 0.2) is 70.0 Å². The van der Waals surface area contributed by atoms with Crippen molar-refractivity contribution in [1.29, 1.82) is 0 Å². The average Bonchev–Trinajstić information content (AvgIpc) is 2.94. The van der Waals surface area contributed by atoms with E-state index in [2.05, 4.69) is 20.5 Å². The standard InChI is InChI=1S/C26H24FN3O3.C2H6.CH5N/c27-20-6-5-18-7-9-28-26(23(18)17-20)30-13-11-29(12-14-30)10-8-21(31)15-19-16-25(32)33-24-4-2-1-3-22(19)24;2*1-2/h1-7,9,16-17H,8,10-15H2;1-2H3;2H2,1H3. The molecule has 0 radical (unpaired) electrons. The molecular weight excluding hydrogens is 471 g/mol. The topological polar surface area (TPSA) is 92.7 Å². The molecule has 1 fully saturated rings. The second kappa shape index (κ2) is 13.6. The maximum atomic E-state index is 13.8. The lowest BCUT2D eigenvalue weighted by molar-refractivity contribution is -0.118. The zero-order chi connectivity index (χ0) is 26.8. The summed E-state index contributed by atoms with van der Waals surface area (Å²) in [5.41, 5.74) is 5.28. The molecule has 37 heavy (non-hydrogen) atoms. The third-order valence-corrected chi connectivity index (χ3v) is 6.21. The molecule has 0 saturated carbocycles. The van der Waals surface area contributed by atoms with Crippen molar-refractivity contribution in [3.8, 4) is 0 Å². The lowest BCUT2D eigenvalue weighted by Crippen LogP contribution is -2.47. The number of halogens is 1. The number of anilines is 1. The van der Waals surface area contributed by atoms with Crippen LogP contribution in [0.4, 0.5) is 10.2 Å². The highest BCUT2D eigenvalue weighted by Gasteiger charge is 2.20. The molecule has 0 amide bonds. The highest BCUT2D eigenvalue weighted by Crippen LogP contribution is 2.26. The highest BCUT2D eigenvalue weighted by atomic mass is 19.1. The molecule has 0 bridgehead atoms. The van der Waals surface area contributed by atoms with Gasteiger partial charge < -0.3 is 15.1 Å². The molecule has 7 nitrogen and oxygen atoms in total. The molecule has 4 aromatic rings. The molecule has 8 heteroatoms. The number of benzene rings is 2. The highest BCUT2D eigenvalue weighted by molar-refractivity contribution is 5.92. The lowest BCUT2D eigenvalue weighted by atomic mass is 10.0. The van der Waals surface area contributed by atoms with Crippen LogP contribution in [-0.4, -0.2) is 55.4 Å². The number of nitrogens with two attached hydrogens (primary N) is 1. The smallest absolute Gasteiger partial charge is 0.336 e. The second-order valence-electron chi connectivity index (χ2n) is 8.38. The van der Waals surface area contributed by atoms with Crippen LogP contribution in [0.1, 0.15) is 25.8 Å². The van der Waals surface area contributed by atoms with Crippen LogP contribution in [0.25, 0.3) is 21.7 Å². The number of pyridine rings is 1. The molecule has 196 valence electrons. The summed E-state index contributed by atoms with van der Waals surface area (Å²) in [5.74, 6) is 0.634. The van der Waals surface area contributed by atoms with Crippen molar-refractivity contribution in [1.82, 2.24) is 9.88 Å². The Morgan fingerprint density at radius 2 is 1.73 bits per heavy atom. The fourth-order valence-corrected chi connectivity index (χ4v) is 4.47. The number of piperazine rings is 1. The van der Waals surface area contributed by atoms with Gasteiger partial charge >= 0.3 is 5.63 Å². The van der Waals surface area contributed by atoms with Gasteiger partial charge in [-0.05, 0) is 42.3 Å². The molecule has 3 heterocycles. The molecule has 2 aromatic heterocycles. The Morgan fingerprint density at radius 3 is 2.49 bits per heavy atom. The molecule has 0 atom stereocenters. The molecule has 1 aliphatic rings. The van der Waals surface area contributed by atoms with Gasteiger partial charge in [0, 0.05) is 68.6 Å². The number of rotatable bonds is 6. The molecule has 0 spiro atoms. The van der Waals surface area contributed by atoms with Crippen molar-refractivity contribution in [3.05, 3.63) is 82.6 Å². The monoisotopic (exact) mass is 506 g/mol. The first kappa shape index (κ1) is 28.0. The van der Waals surface area contributed by atoms with E-state index in [9.17, 15) is 14.0 Å². The molecule has 1 aliphatic heterocycles. The van der Waals surface area contributed by atoms with Crippen molar-refractivity contribution < 1.29 is 13.6 Å². The maximum Gasteiger partial charge on any atom is 0.336 e. The molecular formula is C29H35FN4O3. The van der Waals surface area contributed by atoms with Crippen LogP contribution in [0, 0.1) is 5.82 Å². The number of carbonyl (C=O) groups excluding carboxylic acids is 1. The van der Waals surface area contributed by atoms with Crippen LogP contribution in [0.5, 0.6) is 0 Å². The zero-order valence-corrected chi connectivity index (χ0v) is 21.7. The third-order valence-electron chi connectivity index (χ3n) is 6.21. The summed E-state index contributed by atoms with van der Waals surface area (Å²) in [4.78, 5) is 33.4. The summed E-state index contributed by atoms with van der Waals surface area (Å²) >= 11 is 0. The van der Waals surface area contributed by atoms with Crippen LogP contribution < -0.4 is 16.3 Å². The summed E-state index contributed by atoms with van der Waals surface area (Å²) in [5, 5.41) is 2.59. The van der Waals surface area contributed by atoms with Crippen molar-refractivity contribution in [2.45, 2.75) is 26.7 Å². The van der Waals surface area contributed by atoms with Crippen LogP contribution in [-0.2, 0) is 11.2 Å². The summed E-state index contributed by atoms with van der Waals surface area (Å²) in [7, 11) is 1.50. The normalized spacial score (nSPS) is 13.5. The van der Waals surface area contributed by atoms with Gasteiger partial charge in [0.15, 0.2) is 0 Å². The number of ketones is 1. The van der Waals surface area contributed by atoms with Crippen molar-refractivity contribution in [2.24, 2.45) is 5.73 Å². The predicted octanol–water partition coefficient (Wildman–Crippen LogP) is 4.41. The number of Topliss-reactive ketones (excluding diaryl/α,β-unsaturated/α-hetero) is 1. The van der Waals surface area contributed by atoms with Gasteiger partial charge in [-0.1, -0.05) is 38.1 Å². The number of carbonyl (C=O) groups is 1. The van der Waals surface area contributed by atoms with E-state index in [-0.39, 0.29) is 18.0 Å². The maximum absolute atomic E-state index is 13.8. The molecule has 5 rings (SSSR count). The van der Waals surface area contributed by atoms with Crippen LogP contribution in [0.3, 0.4) is 0 Å². The van der Waals surface area contributed by atoms with Gasteiger partial charge in [-0.3, -0.25) is 9.69 Å². The molecule has 2 aromatic carbocycles. The van der Waals surface area contributed by atoms with Crippen LogP contribution >= 0.6 is 0 Å². The van der Waals surface area contributed by atoms with Gasteiger partial charge in [0.2, 0.25) is 0 Å². The quantitative estimate of drug-likeness (QED) is 0.387. The van der Waals surface area contributed by atoms with Gasteiger partial charge in [0.25, 0.3) is 0 Å². The number of hydrogen-bond acceptors (Lipinski definition) is 7. The Hall–Kier alpha value is -3.62. The lowest BCUT2D eigenvalue weighted by Gasteiger charge is -2.35. The van der Waals surface area contributed by atoms with E-state index in [1.54, 1.807) is 24.4 Å². The van der Waals surface area contributed by atoms with E-state index >= 15 is 0 Å². The minimum Gasteiger partial charge on any atom is -0.423 e. The second-order valence-corrected chi connectivity index (χ2v) is 8.38. The first-order valence-electron chi connectivity index (χ1n) is 12.7. The third kappa shape index (κ3) is 6.99. The van der Waals surface area contributed by atoms with E-state index in [0.717, 1.165) is 48.2 Å². The summed E-state index contributed by atoms with van der Waals surface area (Å²) in [6.45, 7) is 7.81. The number of aromatic nitrogens is 1. The first-order chi connectivity index (χ1) is 18.1. The van der Waals surface area contributed by atoms with E-state index in [1.165, 1.54) is 25.2 Å². The minimum absolute atomic E-state index is 0.0966. The van der Waals surface area contributed by atoms with Crippen molar-refractivity contribution >= 4 is 33.3 Å². The molecule has 1 saturated heterocycles. The Bertz CT molecular complexity index is 1380.